The molecule has 30 heavy (non-hydrogen) atoms. The van der Waals surface area contributed by atoms with Crippen molar-refractivity contribution in [3.8, 4) is 0 Å². The van der Waals surface area contributed by atoms with Crippen molar-refractivity contribution in [3.05, 3.63) is 86.6 Å². The number of nitro benzene ring substituents is 1. The summed E-state index contributed by atoms with van der Waals surface area (Å²) in [6, 6.07) is 13.6. The predicted octanol–water partition coefficient (Wildman–Crippen LogP) is 4.64. The molecule has 0 amide bonds. The highest BCUT2D eigenvalue weighted by molar-refractivity contribution is 6.30. The van der Waals surface area contributed by atoms with Gasteiger partial charge in [0.1, 0.15) is 0 Å². The van der Waals surface area contributed by atoms with Gasteiger partial charge in [0, 0.05) is 46.9 Å². The third kappa shape index (κ3) is 2.67. The summed E-state index contributed by atoms with van der Waals surface area (Å²) in [6.45, 7) is 4.10. The molecule has 0 bridgehead atoms. The third-order valence-electron chi connectivity index (χ3n) is 6.30. The van der Waals surface area contributed by atoms with Gasteiger partial charge in [-0.25, -0.2) is 0 Å². The second kappa shape index (κ2) is 6.29. The van der Waals surface area contributed by atoms with E-state index >= 15 is 0 Å². The normalized spacial score (nSPS) is 24.1. The van der Waals surface area contributed by atoms with Crippen molar-refractivity contribution in [3.63, 3.8) is 0 Å². The van der Waals surface area contributed by atoms with Crippen LogP contribution < -0.4 is 0 Å². The Morgan fingerprint density at radius 2 is 1.63 bits per heavy atom. The lowest BCUT2D eigenvalue weighted by molar-refractivity contribution is -0.384. The smallest absolute Gasteiger partial charge is 0.269 e. The molecule has 0 aromatic heterocycles. The van der Waals surface area contributed by atoms with Crippen LogP contribution in [-0.4, -0.2) is 22.2 Å². The van der Waals surface area contributed by atoms with E-state index in [1.807, 2.05) is 18.2 Å². The SMILES string of the molecule is CC1(C)CC(=O)C2=C(C1)N=C1c3ccccc3C(=O)[C@@H]1[C@@H]2c1ccc([N+](=O)[O-])cc1. The van der Waals surface area contributed by atoms with E-state index in [-0.39, 0.29) is 22.7 Å². The third-order valence-corrected chi connectivity index (χ3v) is 6.30. The van der Waals surface area contributed by atoms with Crippen LogP contribution in [0.1, 0.15) is 54.1 Å². The molecule has 0 saturated heterocycles. The molecule has 0 radical (unpaired) electrons. The van der Waals surface area contributed by atoms with E-state index < -0.39 is 16.8 Å². The van der Waals surface area contributed by atoms with Crippen LogP contribution in [0.2, 0.25) is 0 Å². The van der Waals surface area contributed by atoms with E-state index in [0.29, 0.717) is 29.7 Å². The Morgan fingerprint density at radius 1 is 0.967 bits per heavy atom. The molecule has 3 aliphatic rings. The van der Waals surface area contributed by atoms with Crippen LogP contribution >= 0.6 is 0 Å². The van der Waals surface area contributed by atoms with Crippen LogP contribution in [0.4, 0.5) is 5.69 Å². The Bertz CT molecular complexity index is 1190. The molecule has 0 N–H and O–H groups in total. The zero-order valence-corrected chi connectivity index (χ0v) is 16.7. The summed E-state index contributed by atoms with van der Waals surface area (Å²) in [5, 5.41) is 11.1. The maximum atomic E-state index is 13.4. The summed E-state index contributed by atoms with van der Waals surface area (Å²) in [5.74, 6) is -1.09. The molecule has 1 heterocycles. The summed E-state index contributed by atoms with van der Waals surface area (Å²) < 4.78 is 0. The number of aliphatic imine (C=N–C) groups is 1. The van der Waals surface area contributed by atoms with Crippen molar-refractivity contribution in [2.45, 2.75) is 32.6 Å². The van der Waals surface area contributed by atoms with E-state index in [1.165, 1.54) is 12.1 Å². The zero-order valence-electron chi connectivity index (χ0n) is 16.7. The zero-order chi connectivity index (χ0) is 21.2. The van der Waals surface area contributed by atoms with Gasteiger partial charge >= 0.3 is 0 Å². The standard InChI is InChI=1S/C24H20N2O4/c1-24(2)11-17-20(18(27)12-24)19(13-7-9-14(10-8-13)26(29)30)21-22(25-17)15-5-3-4-6-16(15)23(21)28/h3-10,19,21H,11-12H2,1-2H3/t19-,21-/m1/s1. The number of nitro groups is 1. The van der Waals surface area contributed by atoms with Gasteiger partial charge < -0.3 is 0 Å². The number of ketones is 2. The number of allylic oxidation sites excluding steroid dienone is 2. The van der Waals surface area contributed by atoms with Crippen LogP contribution in [0.5, 0.6) is 0 Å². The highest BCUT2D eigenvalue weighted by Gasteiger charge is 2.50. The number of rotatable bonds is 2. The topological polar surface area (TPSA) is 89.6 Å². The van der Waals surface area contributed by atoms with Crippen molar-refractivity contribution in [2.24, 2.45) is 16.3 Å². The summed E-state index contributed by atoms with van der Waals surface area (Å²) >= 11 is 0. The number of non-ortho nitro benzene ring substituents is 1. The molecule has 0 unspecified atom stereocenters. The molecule has 2 aliphatic carbocycles. The second-order valence-corrected chi connectivity index (χ2v) is 9.01. The fourth-order valence-electron chi connectivity index (χ4n) is 5.05. The molecule has 6 heteroatoms. The van der Waals surface area contributed by atoms with Gasteiger partial charge in [-0.05, 0) is 17.4 Å². The van der Waals surface area contributed by atoms with Crippen LogP contribution in [-0.2, 0) is 4.79 Å². The minimum absolute atomic E-state index is 0.0103. The predicted molar refractivity (Wildman–Crippen MR) is 112 cm³/mol. The average Bonchev–Trinajstić information content (AvgIpc) is 2.98. The largest absolute Gasteiger partial charge is 0.294 e. The second-order valence-electron chi connectivity index (χ2n) is 9.01. The lowest BCUT2D eigenvalue weighted by Gasteiger charge is -2.38. The highest BCUT2D eigenvalue weighted by Crippen LogP contribution is 2.51. The summed E-state index contributed by atoms with van der Waals surface area (Å²) in [4.78, 5) is 42.1. The molecule has 2 aromatic carbocycles. The monoisotopic (exact) mass is 400 g/mol. The maximum absolute atomic E-state index is 13.4. The first-order valence-electron chi connectivity index (χ1n) is 10.00. The molecule has 2 aromatic rings. The van der Waals surface area contributed by atoms with E-state index in [2.05, 4.69) is 13.8 Å². The summed E-state index contributed by atoms with van der Waals surface area (Å²) in [5.41, 5.74) is 4.02. The molecule has 1 aliphatic heterocycles. The highest BCUT2D eigenvalue weighted by atomic mass is 16.6. The van der Waals surface area contributed by atoms with Gasteiger partial charge in [0.05, 0.1) is 16.6 Å². The molecular weight excluding hydrogens is 380 g/mol. The number of nitrogens with zero attached hydrogens (tertiary/aromatic N) is 2. The molecule has 0 spiro atoms. The number of benzene rings is 2. The van der Waals surface area contributed by atoms with Gasteiger partial charge in [0.15, 0.2) is 11.6 Å². The number of fused-ring (bicyclic) bond motifs is 3. The number of carbonyl (C=O) groups is 2. The number of Topliss-reactive ketones (excluding diaryl/α,β-unsaturated/α-hetero) is 2. The first-order chi connectivity index (χ1) is 14.3. The first-order valence-corrected chi connectivity index (χ1v) is 10.00. The number of hydrogen-bond donors (Lipinski definition) is 0. The first kappa shape index (κ1) is 18.6. The van der Waals surface area contributed by atoms with Crippen LogP contribution in [0.15, 0.2) is 64.8 Å². The summed E-state index contributed by atoms with van der Waals surface area (Å²) in [6.07, 6.45) is 1.05. The minimum Gasteiger partial charge on any atom is -0.294 e. The fourth-order valence-corrected chi connectivity index (χ4v) is 5.05. The Kier molecular flexibility index (Phi) is 3.90. The van der Waals surface area contributed by atoms with Gasteiger partial charge in [-0.3, -0.25) is 24.7 Å². The van der Waals surface area contributed by atoms with Crippen LogP contribution in [0.3, 0.4) is 0 Å². The Balaban J connectivity index is 1.73. The van der Waals surface area contributed by atoms with Gasteiger partial charge in [0.25, 0.3) is 5.69 Å². The Morgan fingerprint density at radius 3 is 2.30 bits per heavy atom. The van der Waals surface area contributed by atoms with E-state index in [4.69, 9.17) is 4.99 Å². The van der Waals surface area contributed by atoms with E-state index in [9.17, 15) is 19.7 Å². The van der Waals surface area contributed by atoms with Crippen molar-refractivity contribution >= 4 is 23.0 Å². The molecule has 5 rings (SSSR count). The summed E-state index contributed by atoms with van der Waals surface area (Å²) in [7, 11) is 0. The molecule has 2 atom stereocenters. The van der Waals surface area contributed by atoms with Gasteiger partial charge in [0.2, 0.25) is 0 Å². The fraction of sp³-hybridized carbons (Fsp3) is 0.292. The average molecular weight is 400 g/mol. The van der Waals surface area contributed by atoms with Gasteiger partial charge in [-0.1, -0.05) is 50.2 Å². The van der Waals surface area contributed by atoms with Gasteiger partial charge in [-0.15, -0.1) is 0 Å². The van der Waals surface area contributed by atoms with Crippen LogP contribution in [0.25, 0.3) is 0 Å². The quantitative estimate of drug-likeness (QED) is 0.543. The van der Waals surface area contributed by atoms with E-state index in [0.717, 1.165) is 16.8 Å². The van der Waals surface area contributed by atoms with Crippen molar-refractivity contribution in [1.82, 2.24) is 0 Å². The molecule has 150 valence electrons. The van der Waals surface area contributed by atoms with Crippen LogP contribution in [0, 0.1) is 21.4 Å². The maximum Gasteiger partial charge on any atom is 0.269 e. The molecule has 0 fully saturated rings. The molecular formula is C24H20N2O4. The lowest BCUT2D eigenvalue weighted by Crippen LogP contribution is -2.37. The van der Waals surface area contributed by atoms with Crippen molar-refractivity contribution < 1.29 is 14.5 Å². The Labute approximate surface area is 173 Å². The minimum atomic E-state index is -0.576. The Hall–Kier alpha value is -3.41. The number of carbonyl (C=O) groups excluding carboxylic acids is 2. The van der Waals surface area contributed by atoms with E-state index in [1.54, 1.807) is 18.2 Å². The van der Waals surface area contributed by atoms with Crippen molar-refractivity contribution in [2.75, 3.05) is 0 Å². The lowest BCUT2D eigenvalue weighted by atomic mass is 9.66. The number of hydrogen-bond acceptors (Lipinski definition) is 5. The van der Waals surface area contributed by atoms with Crippen molar-refractivity contribution in [1.29, 1.82) is 0 Å². The molecule has 0 saturated carbocycles. The van der Waals surface area contributed by atoms with Gasteiger partial charge in [-0.2, -0.15) is 0 Å². The molecule has 6 nitrogen and oxygen atoms in total.